The molecule has 2 N–H and O–H groups in total. The number of hydrogen-bond donors (Lipinski definition) is 2. The van der Waals surface area contributed by atoms with Crippen molar-refractivity contribution in [1.29, 1.82) is 0 Å². The summed E-state index contributed by atoms with van der Waals surface area (Å²) >= 11 is 6.41. The Labute approximate surface area is 343 Å². The highest BCUT2D eigenvalue weighted by Gasteiger charge is 2.37. The van der Waals surface area contributed by atoms with Gasteiger partial charge in [0.1, 0.15) is 18.2 Å². The number of aryl methyl sites for hydroxylation is 1. The number of carbonyl (C=O) groups excluding carboxylic acids is 3. The van der Waals surface area contributed by atoms with Gasteiger partial charge in [0.05, 0.1) is 36.4 Å². The fourth-order valence-corrected chi connectivity index (χ4v) is 7.19. The molecule has 14 heteroatoms. The predicted molar refractivity (Wildman–Crippen MR) is 227 cm³/mol. The van der Waals surface area contributed by atoms with Crippen LogP contribution < -0.4 is 15.6 Å². The van der Waals surface area contributed by atoms with E-state index in [1.54, 1.807) is 31.3 Å². The number of amides is 2. The molecule has 1 aliphatic heterocycles. The van der Waals surface area contributed by atoms with Crippen LogP contribution in [0.15, 0.2) is 35.7 Å². The van der Waals surface area contributed by atoms with E-state index in [2.05, 4.69) is 32.7 Å². The maximum Gasteiger partial charge on any atom is 0.434 e. The van der Waals surface area contributed by atoms with Gasteiger partial charge in [0.25, 0.3) is 5.91 Å². The van der Waals surface area contributed by atoms with Crippen molar-refractivity contribution in [3.63, 3.8) is 0 Å². The molecule has 0 radical (unpaired) electrons. The molecule has 4 rings (SSSR count). The first kappa shape index (κ1) is 45.5. The Morgan fingerprint density at radius 2 is 1.54 bits per heavy atom. The van der Waals surface area contributed by atoms with Crippen molar-refractivity contribution in [3.8, 4) is 0 Å². The topological polar surface area (TPSA) is 149 Å². The summed E-state index contributed by atoms with van der Waals surface area (Å²) in [4.78, 5) is 45.0. The molecule has 0 bridgehead atoms. The minimum absolute atomic E-state index is 0.0681. The van der Waals surface area contributed by atoms with Gasteiger partial charge in [-0.2, -0.15) is 9.78 Å². The van der Waals surface area contributed by atoms with Gasteiger partial charge in [0, 0.05) is 30.4 Å². The number of benzene rings is 1. The number of nitrogens with one attached hydrogen (secondary N) is 2. The van der Waals surface area contributed by atoms with E-state index in [1.807, 2.05) is 13.8 Å². The van der Waals surface area contributed by atoms with Crippen LogP contribution in [0.3, 0.4) is 0 Å². The van der Waals surface area contributed by atoms with Crippen LogP contribution in [-0.4, -0.2) is 77.6 Å². The molecule has 0 spiro atoms. The molecular formula is C43H64ClN7O6. The number of carbonyl (C=O) groups is 3. The molecule has 0 saturated heterocycles. The highest BCUT2D eigenvalue weighted by molar-refractivity contribution is 6.33. The number of methoxy groups -OCH3 is 1. The summed E-state index contributed by atoms with van der Waals surface area (Å²) in [6.07, 6.45) is 23.6. The van der Waals surface area contributed by atoms with E-state index in [0.29, 0.717) is 34.3 Å². The van der Waals surface area contributed by atoms with Crippen molar-refractivity contribution in [3.05, 3.63) is 46.7 Å². The first-order valence-electron chi connectivity index (χ1n) is 21.0. The minimum atomic E-state index is -0.873. The van der Waals surface area contributed by atoms with Crippen molar-refractivity contribution in [1.82, 2.24) is 20.1 Å². The predicted octanol–water partition coefficient (Wildman–Crippen LogP) is 9.97. The maximum atomic E-state index is 13.9. The van der Waals surface area contributed by atoms with Crippen LogP contribution in [0.2, 0.25) is 5.02 Å². The second-order valence-corrected chi connectivity index (χ2v) is 15.6. The molecule has 3 aromatic rings. The maximum absolute atomic E-state index is 13.9. The summed E-state index contributed by atoms with van der Waals surface area (Å²) < 4.78 is 17.6. The zero-order valence-corrected chi connectivity index (χ0v) is 35.5. The Hall–Kier alpha value is -4.23. The van der Waals surface area contributed by atoms with Crippen LogP contribution in [0.25, 0.3) is 10.9 Å². The largest absolute Gasteiger partial charge is 0.483 e. The number of rotatable bonds is 25. The fraction of sp³-hybridized carbons (Fsp3) is 0.628. The molecule has 1 aliphatic rings. The SMILES string of the molecule is CCCCCCCCCCCCCCCCCCOCCOC(=O)n1cc2cc(C)c(NC(=O)C3CC(OC)=NN3c3ncccc3Cl)c(C(=O)NC(C)C)c2n1. The summed E-state index contributed by atoms with van der Waals surface area (Å²) in [6.45, 7) is 8.67. The van der Waals surface area contributed by atoms with Crippen molar-refractivity contribution >= 4 is 57.8 Å². The van der Waals surface area contributed by atoms with Gasteiger partial charge in [-0.3, -0.25) is 9.59 Å². The first-order chi connectivity index (χ1) is 27.6. The molecule has 13 nitrogen and oxygen atoms in total. The molecule has 2 aromatic heterocycles. The standard InChI is InChI=1S/C43H64ClN7O6/c1-6-7-8-9-10-11-12-13-14-15-16-17-18-19-20-21-25-56-26-27-57-43(54)50-30-33-28-32(4)38(37(39(33)49-50)42(53)46-31(2)3)47-41(52)35-29-36(55-5)48-51(35)40-34(44)23-22-24-45-40/h22-24,28,30-31,35H,6-21,25-27,29H2,1-5H3,(H,46,53)(H,47,52). The molecule has 2 amide bonds. The number of unbranched alkanes of at least 4 members (excludes halogenated alkanes) is 15. The summed E-state index contributed by atoms with van der Waals surface area (Å²) in [5, 5.41) is 17.0. The highest BCUT2D eigenvalue weighted by atomic mass is 35.5. The zero-order chi connectivity index (χ0) is 41.0. The molecule has 0 aliphatic carbocycles. The average molecular weight is 810 g/mol. The van der Waals surface area contributed by atoms with E-state index in [4.69, 9.17) is 25.8 Å². The lowest BCUT2D eigenvalue weighted by molar-refractivity contribution is -0.117. The molecular weight excluding hydrogens is 746 g/mol. The monoisotopic (exact) mass is 809 g/mol. The van der Waals surface area contributed by atoms with Crippen LogP contribution in [0.1, 0.15) is 146 Å². The number of ether oxygens (including phenoxy) is 3. The summed E-state index contributed by atoms with van der Waals surface area (Å²) in [5.74, 6) is -0.309. The highest BCUT2D eigenvalue weighted by Crippen LogP contribution is 2.33. The first-order valence-corrected chi connectivity index (χ1v) is 21.4. The van der Waals surface area contributed by atoms with Gasteiger partial charge in [-0.1, -0.05) is 115 Å². The summed E-state index contributed by atoms with van der Waals surface area (Å²) in [5.41, 5.74) is 1.20. The van der Waals surface area contributed by atoms with Crippen LogP contribution in [-0.2, 0) is 19.0 Å². The van der Waals surface area contributed by atoms with Gasteiger partial charge in [0.15, 0.2) is 5.82 Å². The van der Waals surface area contributed by atoms with Gasteiger partial charge >= 0.3 is 6.09 Å². The molecule has 314 valence electrons. The van der Waals surface area contributed by atoms with Gasteiger partial charge < -0.3 is 24.8 Å². The second-order valence-electron chi connectivity index (χ2n) is 15.2. The van der Waals surface area contributed by atoms with E-state index in [1.165, 1.54) is 108 Å². The normalized spacial score (nSPS) is 14.0. The van der Waals surface area contributed by atoms with Crippen molar-refractivity contribution in [2.75, 3.05) is 37.3 Å². The third kappa shape index (κ3) is 14.3. The number of anilines is 2. The number of nitrogens with zero attached hydrogens (tertiary/aromatic N) is 5. The van der Waals surface area contributed by atoms with E-state index in [-0.39, 0.29) is 42.4 Å². The molecule has 1 aromatic carbocycles. The van der Waals surface area contributed by atoms with Gasteiger partial charge in [-0.15, -0.1) is 5.10 Å². The van der Waals surface area contributed by atoms with Crippen molar-refractivity contribution < 1.29 is 28.6 Å². The van der Waals surface area contributed by atoms with Crippen molar-refractivity contribution in [2.24, 2.45) is 5.10 Å². The van der Waals surface area contributed by atoms with E-state index < -0.39 is 23.9 Å². The van der Waals surface area contributed by atoms with E-state index >= 15 is 0 Å². The number of aromatic nitrogens is 3. The van der Waals surface area contributed by atoms with Crippen LogP contribution in [0, 0.1) is 6.92 Å². The quantitative estimate of drug-likeness (QED) is 0.0798. The number of fused-ring (bicyclic) bond motifs is 1. The number of halogens is 1. The second kappa shape index (κ2) is 24.5. The molecule has 0 saturated carbocycles. The molecule has 3 heterocycles. The van der Waals surface area contributed by atoms with Gasteiger partial charge in [0.2, 0.25) is 11.8 Å². The summed E-state index contributed by atoms with van der Waals surface area (Å²) in [7, 11) is 1.47. The Balaban J connectivity index is 1.23. The van der Waals surface area contributed by atoms with Crippen molar-refractivity contribution in [2.45, 2.75) is 149 Å². The Kier molecular flexibility index (Phi) is 19.6. The Morgan fingerprint density at radius 1 is 0.912 bits per heavy atom. The lowest BCUT2D eigenvalue weighted by Crippen LogP contribution is -2.40. The van der Waals surface area contributed by atoms with Crippen LogP contribution in [0.5, 0.6) is 0 Å². The fourth-order valence-electron chi connectivity index (χ4n) is 6.98. The number of hydrazone groups is 1. The zero-order valence-electron chi connectivity index (χ0n) is 34.7. The van der Waals surface area contributed by atoms with Gasteiger partial charge in [-0.05, 0) is 51.0 Å². The van der Waals surface area contributed by atoms with Crippen LogP contribution in [0.4, 0.5) is 16.3 Å². The molecule has 1 atom stereocenters. The molecule has 0 fully saturated rings. The third-order valence-electron chi connectivity index (χ3n) is 10.1. The van der Waals surface area contributed by atoms with Crippen LogP contribution >= 0.6 is 11.6 Å². The lowest BCUT2D eigenvalue weighted by atomic mass is 10.0. The Bertz CT molecular complexity index is 1760. The summed E-state index contributed by atoms with van der Waals surface area (Å²) in [6, 6.07) is 4.01. The third-order valence-corrected chi connectivity index (χ3v) is 10.3. The average Bonchev–Trinajstić information content (AvgIpc) is 3.82. The number of pyridine rings is 1. The molecule has 57 heavy (non-hydrogen) atoms. The number of hydrogen-bond acceptors (Lipinski definition) is 10. The smallest absolute Gasteiger partial charge is 0.434 e. The Morgan fingerprint density at radius 3 is 2.14 bits per heavy atom. The lowest BCUT2D eigenvalue weighted by Gasteiger charge is -2.23. The minimum Gasteiger partial charge on any atom is -0.483 e. The van der Waals surface area contributed by atoms with E-state index in [9.17, 15) is 14.4 Å². The van der Waals surface area contributed by atoms with E-state index in [0.717, 1.165) is 17.5 Å². The molecule has 1 unspecified atom stereocenters. The van der Waals surface area contributed by atoms with Gasteiger partial charge in [-0.25, -0.2) is 14.8 Å².